The molecule has 1 aliphatic heterocycles. The van der Waals surface area contributed by atoms with Gasteiger partial charge in [-0.2, -0.15) is 13.2 Å². The van der Waals surface area contributed by atoms with Crippen LogP contribution in [0.25, 0.3) is 0 Å². The predicted molar refractivity (Wildman–Crippen MR) is 149 cm³/mol. The lowest BCUT2D eigenvalue weighted by Crippen LogP contribution is -2.44. The molecule has 3 aromatic rings. The molecule has 0 amide bonds. The van der Waals surface area contributed by atoms with Crippen LogP contribution in [-0.2, 0) is 30.5 Å². The van der Waals surface area contributed by atoms with Crippen molar-refractivity contribution in [2.24, 2.45) is 0 Å². The van der Waals surface area contributed by atoms with Crippen molar-refractivity contribution in [3.05, 3.63) is 92.6 Å². The largest absolute Gasteiger partial charge is 0.416 e. The normalized spacial score (nSPS) is 14.6. The minimum atomic E-state index is -4.53. The van der Waals surface area contributed by atoms with Crippen molar-refractivity contribution in [3.8, 4) is 11.8 Å². The summed E-state index contributed by atoms with van der Waals surface area (Å²) in [5.74, 6) is 5.75. The molecule has 40 heavy (non-hydrogen) atoms. The molecule has 0 saturated carbocycles. The molecule has 0 radical (unpaired) electrons. The Bertz CT molecular complexity index is 1440. The quantitative estimate of drug-likeness (QED) is 0.316. The summed E-state index contributed by atoms with van der Waals surface area (Å²) in [6.07, 6.45) is -3.12. The second kappa shape index (κ2) is 12.8. The predicted octanol–water partition coefficient (Wildman–Crippen LogP) is 5.06. The number of nitrogen functional groups attached to an aromatic ring is 1. The molecule has 210 valence electrons. The van der Waals surface area contributed by atoms with Gasteiger partial charge in [0.25, 0.3) is 0 Å². The third-order valence-electron chi connectivity index (χ3n) is 6.74. The van der Waals surface area contributed by atoms with Crippen molar-refractivity contribution in [2.75, 3.05) is 46.1 Å². The number of halogens is 4. The van der Waals surface area contributed by atoms with Gasteiger partial charge in [-0.1, -0.05) is 35.6 Å². The van der Waals surface area contributed by atoms with Gasteiger partial charge in [-0.15, -0.1) is 0 Å². The van der Waals surface area contributed by atoms with Crippen LogP contribution in [0.1, 0.15) is 43.7 Å². The molecule has 0 aliphatic carbocycles. The van der Waals surface area contributed by atoms with E-state index in [4.69, 9.17) is 22.1 Å². The highest BCUT2D eigenvalue weighted by molar-refractivity contribution is 6.31. The van der Waals surface area contributed by atoms with E-state index < -0.39 is 11.7 Å². The number of methoxy groups -OCH3 is 1. The highest BCUT2D eigenvalue weighted by atomic mass is 35.5. The Morgan fingerprint density at radius 3 is 2.48 bits per heavy atom. The Labute approximate surface area is 236 Å². The van der Waals surface area contributed by atoms with E-state index in [1.807, 2.05) is 11.9 Å². The van der Waals surface area contributed by atoms with E-state index in [1.165, 1.54) is 18.2 Å². The highest BCUT2D eigenvalue weighted by Crippen LogP contribution is 2.34. The van der Waals surface area contributed by atoms with Gasteiger partial charge in [-0.25, -0.2) is 4.98 Å². The first kappa shape index (κ1) is 29.6. The minimum absolute atomic E-state index is 0.192. The fourth-order valence-corrected chi connectivity index (χ4v) is 4.63. The number of nitrogens with two attached hydrogens (primary N) is 1. The standard InChI is InChI=1S/C30H30ClF3N4O2/c1-37-9-11-38(12-10-37)18-25-4-3-20(14-26(25)30(32,33)34)15-28(39)23-7-8-27(31)22(16-23)5-6-24-13-21(19-40-2)17-36-29(24)35/h3-4,7-8,13-14,16-17H,9-12,15,18-19H2,1-2H3,(H2,35,36). The fraction of sp³-hybridized carbons (Fsp3) is 0.333. The van der Waals surface area contributed by atoms with Crippen LogP contribution >= 0.6 is 11.6 Å². The number of aromatic nitrogens is 1. The Kier molecular flexibility index (Phi) is 9.48. The molecule has 0 unspecified atom stereocenters. The molecule has 4 rings (SSSR count). The summed E-state index contributed by atoms with van der Waals surface area (Å²) < 4.78 is 47.0. The number of benzene rings is 2. The number of rotatable bonds is 7. The van der Waals surface area contributed by atoms with Crippen LogP contribution in [0.2, 0.25) is 5.02 Å². The molecule has 0 atom stereocenters. The molecule has 1 fully saturated rings. The molecule has 0 bridgehead atoms. The monoisotopic (exact) mass is 570 g/mol. The number of pyridine rings is 1. The van der Waals surface area contributed by atoms with E-state index in [-0.39, 0.29) is 35.7 Å². The van der Waals surface area contributed by atoms with E-state index in [2.05, 4.69) is 21.7 Å². The van der Waals surface area contributed by atoms with Crippen LogP contribution in [0.3, 0.4) is 0 Å². The summed E-state index contributed by atoms with van der Waals surface area (Å²) in [5, 5.41) is 0.330. The van der Waals surface area contributed by atoms with E-state index in [1.54, 1.807) is 31.5 Å². The lowest BCUT2D eigenvalue weighted by Gasteiger charge is -2.33. The number of carbonyl (C=O) groups excluding carboxylic acids is 1. The molecule has 6 nitrogen and oxygen atoms in total. The number of anilines is 1. The maximum absolute atomic E-state index is 14.0. The number of likely N-dealkylation sites (N-methyl/N-ethyl adjacent to an activating group) is 1. The van der Waals surface area contributed by atoms with Gasteiger partial charge in [-0.3, -0.25) is 9.69 Å². The molecule has 2 aromatic carbocycles. The lowest BCUT2D eigenvalue weighted by molar-refractivity contribution is -0.138. The molecule has 10 heteroatoms. The van der Waals surface area contributed by atoms with E-state index in [0.29, 0.717) is 41.4 Å². The van der Waals surface area contributed by atoms with Gasteiger partial charge in [0.15, 0.2) is 5.78 Å². The van der Waals surface area contributed by atoms with Gasteiger partial charge >= 0.3 is 6.18 Å². The summed E-state index contributed by atoms with van der Waals surface area (Å²) in [6, 6.07) is 10.5. The maximum atomic E-state index is 14.0. The molecule has 1 saturated heterocycles. The first-order chi connectivity index (χ1) is 19.0. The molecule has 2 heterocycles. The van der Waals surface area contributed by atoms with Gasteiger partial charge in [0.05, 0.1) is 22.8 Å². The smallest absolute Gasteiger partial charge is 0.383 e. The molecular formula is C30H30ClF3N4O2. The average Bonchev–Trinajstić information content (AvgIpc) is 2.91. The Morgan fingerprint density at radius 1 is 1.05 bits per heavy atom. The first-order valence-electron chi connectivity index (χ1n) is 12.7. The van der Waals surface area contributed by atoms with Crippen molar-refractivity contribution in [3.63, 3.8) is 0 Å². The number of carbonyl (C=O) groups is 1. The number of ether oxygens (including phenoxy) is 1. The number of hydrogen-bond donors (Lipinski definition) is 1. The van der Waals surface area contributed by atoms with Gasteiger partial charge in [0, 0.05) is 63.6 Å². The zero-order chi connectivity index (χ0) is 28.9. The average molecular weight is 571 g/mol. The van der Waals surface area contributed by atoms with Crippen LogP contribution < -0.4 is 5.73 Å². The summed E-state index contributed by atoms with van der Waals surface area (Å²) in [6.45, 7) is 3.59. The number of Topliss-reactive ketones (excluding diaryl/α,β-unsaturated/α-hetero) is 1. The summed E-state index contributed by atoms with van der Waals surface area (Å²) in [7, 11) is 3.56. The number of hydrogen-bond acceptors (Lipinski definition) is 6. The molecule has 2 N–H and O–H groups in total. The summed E-state index contributed by atoms with van der Waals surface area (Å²) in [4.78, 5) is 21.4. The van der Waals surface area contributed by atoms with Crippen LogP contribution in [0.4, 0.5) is 19.0 Å². The van der Waals surface area contributed by atoms with E-state index in [0.717, 1.165) is 24.7 Å². The molecule has 1 aromatic heterocycles. The zero-order valence-corrected chi connectivity index (χ0v) is 23.1. The number of nitrogens with zero attached hydrogens (tertiary/aromatic N) is 3. The zero-order valence-electron chi connectivity index (χ0n) is 22.3. The van der Waals surface area contributed by atoms with Crippen molar-refractivity contribution < 1.29 is 22.7 Å². The summed E-state index contributed by atoms with van der Waals surface area (Å²) >= 11 is 6.31. The van der Waals surface area contributed by atoms with Gasteiger partial charge in [-0.05, 0) is 54.1 Å². The maximum Gasteiger partial charge on any atom is 0.416 e. The third-order valence-corrected chi connectivity index (χ3v) is 7.07. The number of alkyl halides is 3. The van der Waals surface area contributed by atoms with Crippen molar-refractivity contribution in [1.82, 2.24) is 14.8 Å². The second-order valence-electron chi connectivity index (χ2n) is 9.82. The van der Waals surface area contributed by atoms with Gasteiger partial charge in [0.1, 0.15) is 5.82 Å². The number of ketones is 1. The van der Waals surface area contributed by atoms with Crippen LogP contribution in [0.5, 0.6) is 0 Å². The second-order valence-corrected chi connectivity index (χ2v) is 10.2. The van der Waals surface area contributed by atoms with E-state index >= 15 is 0 Å². The third kappa shape index (κ3) is 7.61. The molecule has 0 spiro atoms. The van der Waals surface area contributed by atoms with Gasteiger partial charge in [0.2, 0.25) is 0 Å². The lowest BCUT2D eigenvalue weighted by atomic mass is 9.97. The first-order valence-corrected chi connectivity index (χ1v) is 13.1. The van der Waals surface area contributed by atoms with Crippen molar-refractivity contribution in [1.29, 1.82) is 0 Å². The van der Waals surface area contributed by atoms with Crippen LogP contribution in [0.15, 0.2) is 48.7 Å². The molecule has 1 aliphatic rings. The van der Waals surface area contributed by atoms with E-state index in [9.17, 15) is 18.0 Å². The Hall–Kier alpha value is -3.42. The van der Waals surface area contributed by atoms with Crippen LogP contribution in [0, 0.1) is 11.8 Å². The Morgan fingerprint density at radius 2 is 1.77 bits per heavy atom. The topological polar surface area (TPSA) is 71.7 Å². The fourth-order valence-electron chi connectivity index (χ4n) is 4.46. The minimum Gasteiger partial charge on any atom is -0.383 e. The SMILES string of the molecule is COCc1cnc(N)c(C#Cc2cc(C(=O)Cc3ccc(CN4CCN(C)CC4)c(C(F)(F)F)c3)ccc2Cl)c1. The van der Waals surface area contributed by atoms with Crippen LogP contribution in [-0.4, -0.2) is 60.9 Å². The summed E-state index contributed by atoms with van der Waals surface area (Å²) in [5.41, 5.74) is 7.69. The number of piperazine rings is 1. The van der Waals surface area contributed by atoms with Gasteiger partial charge < -0.3 is 15.4 Å². The molecular weight excluding hydrogens is 541 g/mol. The van der Waals surface area contributed by atoms with Crippen molar-refractivity contribution in [2.45, 2.75) is 25.7 Å². The van der Waals surface area contributed by atoms with Crippen molar-refractivity contribution >= 4 is 23.2 Å². The highest BCUT2D eigenvalue weighted by Gasteiger charge is 2.34. The Balaban J connectivity index is 1.53.